The fraction of sp³-hybridized carbons (Fsp3) is 0.615. The van der Waals surface area contributed by atoms with Gasteiger partial charge in [0, 0.05) is 25.3 Å². The summed E-state index contributed by atoms with van der Waals surface area (Å²) < 4.78 is 1.87. The molecular weight excluding hydrogens is 252 g/mol. The first-order chi connectivity index (χ1) is 8.30. The average molecular weight is 271 g/mol. The Bertz CT molecular complexity index is 466. The molecule has 1 atom stereocenters. The Morgan fingerprint density at radius 3 is 2.72 bits per heavy atom. The zero-order valence-electron chi connectivity index (χ0n) is 11.0. The third kappa shape index (κ3) is 2.54. The molecule has 1 saturated heterocycles. The molecule has 100 valence electrons. The Morgan fingerprint density at radius 1 is 1.56 bits per heavy atom. The van der Waals surface area contributed by atoms with Crippen LogP contribution in [0, 0.1) is 0 Å². The quantitative estimate of drug-likeness (QED) is 0.896. The number of carbonyl (C=O) groups is 1. The van der Waals surface area contributed by atoms with E-state index in [0.717, 1.165) is 0 Å². The first-order valence-corrected chi connectivity index (χ1v) is 6.57. The fourth-order valence-corrected chi connectivity index (χ4v) is 2.53. The highest BCUT2D eigenvalue weighted by Crippen LogP contribution is 2.25. The number of nitrogens with zero attached hydrogens (tertiary/aromatic N) is 2. The molecule has 2 rings (SSSR count). The summed E-state index contributed by atoms with van der Waals surface area (Å²) in [5.41, 5.74) is -0.179. The first-order valence-electron chi connectivity index (χ1n) is 6.19. The van der Waals surface area contributed by atoms with Gasteiger partial charge in [-0.05, 0) is 33.3 Å². The van der Waals surface area contributed by atoms with E-state index >= 15 is 0 Å². The van der Waals surface area contributed by atoms with Gasteiger partial charge in [0.15, 0.2) is 0 Å². The van der Waals surface area contributed by atoms with Crippen LogP contribution in [-0.4, -0.2) is 39.2 Å². The molecule has 1 aromatic heterocycles. The van der Waals surface area contributed by atoms with Crippen LogP contribution in [0.2, 0.25) is 5.02 Å². The van der Waals surface area contributed by atoms with Crippen LogP contribution in [0.4, 0.5) is 0 Å². The lowest BCUT2D eigenvalue weighted by Crippen LogP contribution is -2.35. The number of aliphatic hydroxyl groups is 1. The number of carbonyl (C=O) groups excluding carboxylic acids is 1. The topological polar surface area (TPSA) is 45.5 Å². The van der Waals surface area contributed by atoms with Gasteiger partial charge in [0.1, 0.15) is 5.69 Å². The Labute approximate surface area is 112 Å². The highest BCUT2D eigenvalue weighted by Gasteiger charge is 2.35. The van der Waals surface area contributed by atoms with Crippen LogP contribution in [0.3, 0.4) is 0 Å². The van der Waals surface area contributed by atoms with Gasteiger partial charge in [0.05, 0.1) is 10.6 Å². The van der Waals surface area contributed by atoms with Gasteiger partial charge in [-0.25, -0.2) is 0 Å². The highest BCUT2D eigenvalue weighted by atomic mass is 35.5. The van der Waals surface area contributed by atoms with Crippen molar-refractivity contribution in [2.24, 2.45) is 0 Å². The molecule has 0 radical (unpaired) electrons. The van der Waals surface area contributed by atoms with Crippen molar-refractivity contribution >= 4 is 17.5 Å². The van der Waals surface area contributed by atoms with Gasteiger partial charge in [0.25, 0.3) is 5.91 Å². The maximum atomic E-state index is 12.4. The zero-order valence-corrected chi connectivity index (χ0v) is 11.7. The zero-order chi connectivity index (χ0) is 13.5. The maximum Gasteiger partial charge on any atom is 0.270 e. The van der Waals surface area contributed by atoms with Crippen LogP contribution >= 0.6 is 11.6 Å². The summed E-state index contributed by atoms with van der Waals surface area (Å²) in [5, 5.41) is 10.5. The number of hydrogen-bond donors (Lipinski definition) is 1. The van der Waals surface area contributed by atoms with Gasteiger partial charge in [0.2, 0.25) is 0 Å². The Kier molecular flexibility index (Phi) is 3.43. The van der Waals surface area contributed by atoms with Gasteiger partial charge in [-0.3, -0.25) is 4.79 Å². The minimum Gasteiger partial charge on any atom is -0.388 e. The SMILES string of the molecule is CC(C)n1cc(Cl)cc1C(=O)N1CCC(C)(O)C1. The molecule has 1 amide bonds. The summed E-state index contributed by atoms with van der Waals surface area (Å²) in [6.45, 7) is 6.74. The van der Waals surface area contributed by atoms with Gasteiger partial charge < -0.3 is 14.6 Å². The number of aromatic nitrogens is 1. The minimum atomic E-state index is -0.769. The van der Waals surface area contributed by atoms with Crippen molar-refractivity contribution in [3.05, 3.63) is 23.0 Å². The predicted molar refractivity (Wildman–Crippen MR) is 71.0 cm³/mol. The van der Waals surface area contributed by atoms with Crippen molar-refractivity contribution in [3.63, 3.8) is 0 Å². The molecule has 2 heterocycles. The molecule has 1 aliphatic rings. The molecule has 0 aliphatic carbocycles. The Balaban J connectivity index is 2.24. The Morgan fingerprint density at radius 2 is 2.22 bits per heavy atom. The van der Waals surface area contributed by atoms with Crippen molar-refractivity contribution < 1.29 is 9.90 Å². The maximum absolute atomic E-state index is 12.4. The van der Waals surface area contributed by atoms with E-state index in [4.69, 9.17) is 11.6 Å². The van der Waals surface area contributed by atoms with Crippen LogP contribution in [0.5, 0.6) is 0 Å². The molecule has 1 aromatic rings. The summed E-state index contributed by atoms with van der Waals surface area (Å²) in [5.74, 6) is -0.0617. The molecule has 1 fully saturated rings. The first kappa shape index (κ1) is 13.4. The van der Waals surface area contributed by atoms with Gasteiger partial charge in [-0.15, -0.1) is 0 Å². The number of amides is 1. The van der Waals surface area contributed by atoms with Crippen molar-refractivity contribution in [3.8, 4) is 0 Å². The number of β-amino-alcohol motifs (C(OH)–C–C–N with tert-alkyl or cyclic N) is 1. The van der Waals surface area contributed by atoms with Gasteiger partial charge in [-0.1, -0.05) is 11.6 Å². The Hall–Kier alpha value is -1.00. The average Bonchev–Trinajstić information content (AvgIpc) is 2.80. The summed E-state index contributed by atoms with van der Waals surface area (Å²) in [6.07, 6.45) is 2.39. The summed E-state index contributed by atoms with van der Waals surface area (Å²) in [7, 11) is 0. The molecule has 5 heteroatoms. The number of halogens is 1. The van der Waals surface area contributed by atoms with Crippen LogP contribution in [0.25, 0.3) is 0 Å². The number of rotatable bonds is 2. The van der Waals surface area contributed by atoms with E-state index in [2.05, 4.69) is 0 Å². The number of hydrogen-bond acceptors (Lipinski definition) is 2. The minimum absolute atomic E-state index is 0.0617. The molecule has 0 spiro atoms. The van der Waals surface area contributed by atoms with E-state index in [1.165, 1.54) is 0 Å². The largest absolute Gasteiger partial charge is 0.388 e. The normalized spacial score (nSPS) is 24.0. The molecule has 1 N–H and O–H groups in total. The molecule has 1 aliphatic heterocycles. The van der Waals surface area contributed by atoms with Crippen LogP contribution in [-0.2, 0) is 0 Å². The summed E-state index contributed by atoms with van der Waals surface area (Å²) >= 11 is 5.98. The van der Waals surface area contributed by atoms with E-state index in [-0.39, 0.29) is 11.9 Å². The number of likely N-dealkylation sites (tertiary alicyclic amines) is 1. The molecule has 18 heavy (non-hydrogen) atoms. The van der Waals surface area contributed by atoms with Gasteiger partial charge in [-0.2, -0.15) is 0 Å². The predicted octanol–water partition coefficient (Wildman–Crippen LogP) is 2.32. The monoisotopic (exact) mass is 270 g/mol. The van der Waals surface area contributed by atoms with Crippen LogP contribution < -0.4 is 0 Å². The van der Waals surface area contributed by atoms with Crippen LogP contribution in [0.1, 0.15) is 43.7 Å². The van der Waals surface area contributed by atoms with Crippen LogP contribution in [0.15, 0.2) is 12.3 Å². The van der Waals surface area contributed by atoms with E-state index in [1.54, 1.807) is 24.1 Å². The fourth-order valence-electron chi connectivity index (χ4n) is 2.32. The molecule has 4 nitrogen and oxygen atoms in total. The smallest absolute Gasteiger partial charge is 0.270 e. The second kappa shape index (κ2) is 4.59. The van der Waals surface area contributed by atoms with Crippen molar-refractivity contribution in [2.45, 2.75) is 38.8 Å². The third-order valence-electron chi connectivity index (χ3n) is 3.33. The van der Waals surface area contributed by atoms with E-state index < -0.39 is 5.60 Å². The molecule has 0 bridgehead atoms. The summed E-state index contributed by atoms with van der Waals surface area (Å²) in [6, 6.07) is 1.87. The molecule has 0 aromatic carbocycles. The van der Waals surface area contributed by atoms with E-state index in [9.17, 15) is 9.90 Å². The van der Waals surface area contributed by atoms with Crippen molar-refractivity contribution in [1.29, 1.82) is 0 Å². The summed E-state index contributed by atoms with van der Waals surface area (Å²) in [4.78, 5) is 14.1. The third-order valence-corrected chi connectivity index (χ3v) is 3.54. The molecule has 1 unspecified atom stereocenters. The standard InChI is InChI=1S/C13H19ClN2O2/c1-9(2)16-7-10(14)6-11(16)12(17)15-5-4-13(3,18)8-15/h6-7,9,18H,4-5,8H2,1-3H3. The molecule has 0 saturated carbocycles. The van der Waals surface area contributed by atoms with Crippen molar-refractivity contribution in [1.82, 2.24) is 9.47 Å². The lowest BCUT2D eigenvalue weighted by molar-refractivity contribution is 0.0565. The van der Waals surface area contributed by atoms with E-state index in [1.807, 2.05) is 18.4 Å². The second-order valence-electron chi connectivity index (χ2n) is 5.52. The highest BCUT2D eigenvalue weighted by molar-refractivity contribution is 6.31. The lowest BCUT2D eigenvalue weighted by Gasteiger charge is -2.20. The van der Waals surface area contributed by atoms with Crippen molar-refractivity contribution in [2.75, 3.05) is 13.1 Å². The van der Waals surface area contributed by atoms with Gasteiger partial charge >= 0.3 is 0 Å². The molecular formula is C13H19ClN2O2. The van der Waals surface area contributed by atoms with E-state index in [0.29, 0.717) is 30.2 Å². The lowest BCUT2D eigenvalue weighted by atomic mass is 10.1. The second-order valence-corrected chi connectivity index (χ2v) is 5.95.